The molecule has 6 aromatic rings. The van der Waals surface area contributed by atoms with Crippen molar-refractivity contribution in [2.45, 2.75) is 64.5 Å². The predicted molar refractivity (Wildman–Crippen MR) is 223 cm³/mol. The van der Waals surface area contributed by atoms with Gasteiger partial charge in [-0.15, -0.1) is 10.2 Å². The van der Waals surface area contributed by atoms with Crippen LogP contribution in [0.5, 0.6) is 0 Å². The molecule has 6 heterocycles. The summed E-state index contributed by atoms with van der Waals surface area (Å²) in [5.74, 6) is 1.06. The Labute approximate surface area is 362 Å². The fourth-order valence-electron chi connectivity index (χ4n) is 7.96. The van der Waals surface area contributed by atoms with Crippen molar-refractivity contribution in [1.29, 1.82) is 0 Å². The number of anilines is 4. The van der Waals surface area contributed by atoms with Gasteiger partial charge in [-0.25, -0.2) is 19.0 Å². The molecule has 0 bridgehead atoms. The average molecular weight is 903 g/mol. The first-order valence-corrected chi connectivity index (χ1v) is 20.3. The van der Waals surface area contributed by atoms with E-state index in [1.165, 1.54) is 35.0 Å². The van der Waals surface area contributed by atoms with Crippen LogP contribution in [0.2, 0.25) is 0 Å². The van der Waals surface area contributed by atoms with Gasteiger partial charge in [0.1, 0.15) is 0 Å². The Morgan fingerprint density at radius 3 is 1.38 bits per heavy atom. The molecule has 0 saturated carbocycles. The Morgan fingerprint density at radius 1 is 0.641 bits per heavy atom. The van der Waals surface area contributed by atoms with Crippen LogP contribution in [0, 0.1) is 13.8 Å². The standard InChI is InChI=1S/2C21H24F3N5O3/c2*1-12-13(3-2-4-15(12)21(22,23)24)7-18-17(11-31)26-20-16(25)8-19(27-29(18)20)28-5-6-32-14(9-28)10-30/h2*2-4,8,14,30-31H,5-7,9-11,25H2,1H3. The van der Waals surface area contributed by atoms with Gasteiger partial charge in [0, 0.05) is 51.2 Å². The van der Waals surface area contributed by atoms with Gasteiger partial charge in [0.25, 0.3) is 0 Å². The van der Waals surface area contributed by atoms with E-state index in [0.717, 1.165) is 12.1 Å². The largest absolute Gasteiger partial charge is 0.416 e. The van der Waals surface area contributed by atoms with Crippen LogP contribution in [-0.2, 0) is 47.9 Å². The van der Waals surface area contributed by atoms with E-state index in [0.29, 0.717) is 108 Å². The molecule has 16 nitrogen and oxygen atoms in total. The number of nitrogens with zero attached hydrogens (tertiary/aromatic N) is 8. The Bertz CT molecular complexity index is 2440. The lowest BCUT2D eigenvalue weighted by molar-refractivity contribution is -0.138. The van der Waals surface area contributed by atoms with Crippen molar-refractivity contribution in [3.63, 3.8) is 0 Å². The number of nitrogen functional groups attached to an aromatic ring is 2. The number of morpholine rings is 2. The summed E-state index contributed by atoms with van der Waals surface area (Å²) in [6, 6.07) is 11.4. The zero-order valence-corrected chi connectivity index (χ0v) is 34.9. The van der Waals surface area contributed by atoms with E-state index in [1.54, 1.807) is 24.3 Å². The smallest absolute Gasteiger partial charge is 0.396 e. The van der Waals surface area contributed by atoms with Gasteiger partial charge in [-0.05, 0) is 48.2 Å². The summed E-state index contributed by atoms with van der Waals surface area (Å²) >= 11 is 0. The second-order valence-electron chi connectivity index (χ2n) is 15.5. The van der Waals surface area contributed by atoms with Gasteiger partial charge in [0.15, 0.2) is 22.9 Å². The van der Waals surface area contributed by atoms with E-state index in [1.807, 2.05) is 9.80 Å². The molecule has 4 aromatic heterocycles. The van der Waals surface area contributed by atoms with Crippen molar-refractivity contribution in [3.8, 4) is 0 Å². The molecule has 8 rings (SSSR count). The summed E-state index contributed by atoms with van der Waals surface area (Å²) in [4.78, 5) is 12.6. The Morgan fingerprint density at radius 2 is 1.03 bits per heavy atom. The number of ether oxygens (including phenoxy) is 2. The molecule has 64 heavy (non-hydrogen) atoms. The number of aromatic nitrogens is 6. The molecule has 0 radical (unpaired) electrons. The third kappa shape index (κ3) is 9.52. The van der Waals surface area contributed by atoms with Crippen LogP contribution in [0.4, 0.5) is 49.4 Å². The quantitative estimate of drug-likeness (QED) is 0.108. The van der Waals surface area contributed by atoms with E-state index in [4.69, 9.17) is 20.9 Å². The molecule has 0 amide bonds. The van der Waals surface area contributed by atoms with Gasteiger partial charge >= 0.3 is 12.4 Å². The highest BCUT2D eigenvalue weighted by atomic mass is 19.4. The summed E-state index contributed by atoms with van der Waals surface area (Å²) < 4.78 is 94.1. The first-order chi connectivity index (χ1) is 30.4. The number of nitrogens with two attached hydrogens (primary N) is 2. The van der Waals surface area contributed by atoms with Crippen molar-refractivity contribution in [2.24, 2.45) is 0 Å². The summed E-state index contributed by atoms with van der Waals surface area (Å²) in [5, 5.41) is 47.8. The number of aliphatic hydroxyl groups excluding tert-OH is 4. The second-order valence-corrected chi connectivity index (χ2v) is 15.5. The first kappa shape index (κ1) is 46.2. The number of alkyl halides is 6. The molecule has 2 aromatic carbocycles. The third-order valence-electron chi connectivity index (χ3n) is 11.4. The predicted octanol–water partition coefficient (Wildman–Crippen LogP) is 3.84. The SMILES string of the molecule is Cc1c(Cc2c(CO)nc3c(N)cc(N4CCOC(CO)C4)nn23)cccc1C(F)(F)F.Cc1c(Cc2c(CO)nc3c(N)cc(N4CCOC(CO)C4)nn23)cccc1C(F)(F)F. The van der Waals surface area contributed by atoms with Gasteiger partial charge in [0.2, 0.25) is 0 Å². The lowest BCUT2D eigenvalue weighted by Crippen LogP contribution is -2.44. The van der Waals surface area contributed by atoms with Crippen LogP contribution in [0.15, 0.2) is 48.5 Å². The number of aliphatic hydroxyl groups is 4. The molecule has 22 heteroatoms. The molecule has 2 unspecified atom stereocenters. The third-order valence-corrected chi connectivity index (χ3v) is 11.4. The van der Waals surface area contributed by atoms with E-state index in [-0.39, 0.29) is 49.4 Å². The minimum absolute atomic E-state index is 0.0884. The molecule has 2 aliphatic rings. The molecule has 344 valence electrons. The molecule has 2 fully saturated rings. The molecule has 0 aliphatic carbocycles. The minimum Gasteiger partial charge on any atom is -0.396 e. The highest BCUT2D eigenvalue weighted by Gasteiger charge is 2.34. The number of halogens is 6. The van der Waals surface area contributed by atoms with Crippen molar-refractivity contribution >= 4 is 34.3 Å². The first-order valence-electron chi connectivity index (χ1n) is 20.3. The highest BCUT2D eigenvalue weighted by Crippen LogP contribution is 2.36. The van der Waals surface area contributed by atoms with Crippen molar-refractivity contribution in [1.82, 2.24) is 29.2 Å². The van der Waals surface area contributed by atoms with Gasteiger partial charge in [0.05, 0.1) is 97.1 Å². The highest BCUT2D eigenvalue weighted by molar-refractivity contribution is 5.70. The molecular formula is C42H48F6N10O6. The van der Waals surface area contributed by atoms with Crippen LogP contribution in [0.1, 0.15) is 56.2 Å². The molecule has 2 atom stereocenters. The Hall–Kier alpha value is -5.78. The zero-order chi connectivity index (χ0) is 46.1. The minimum atomic E-state index is -4.46. The Balaban J connectivity index is 0.000000191. The molecule has 0 spiro atoms. The zero-order valence-electron chi connectivity index (χ0n) is 34.9. The van der Waals surface area contributed by atoms with Crippen LogP contribution >= 0.6 is 0 Å². The van der Waals surface area contributed by atoms with E-state index >= 15 is 0 Å². The van der Waals surface area contributed by atoms with Crippen LogP contribution in [-0.4, -0.2) is 114 Å². The number of benzene rings is 2. The van der Waals surface area contributed by atoms with E-state index in [2.05, 4.69) is 20.2 Å². The van der Waals surface area contributed by atoms with Gasteiger partial charge < -0.3 is 51.2 Å². The lowest BCUT2D eigenvalue weighted by Gasteiger charge is -2.32. The van der Waals surface area contributed by atoms with Crippen LogP contribution in [0.25, 0.3) is 11.3 Å². The van der Waals surface area contributed by atoms with Gasteiger partial charge in [-0.2, -0.15) is 26.3 Å². The molecule has 2 saturated heterocycles. The number of fused-ring (bicyclic) bond motifs is 2. The molecule has 2 aliphatic heterocycles. The Kier molecular flexibility index (Phi) is 13.5. The summed E-state index contributed by atoms with van der Waals surface area (Å²) in [5.41, 5.74) is 15.0. The van der Waals surface area contributed by atoms with E-state index in [9.17, 15) is 46.8 Å². The number of rotatable bonds is 10. The number of imidazole rings is 2. The molecular weight excluding hydrogens is 855 g/mol. The van der Waals surface area contributed by atoms with Gasteiger partial charge in [-0.1, -0.05) is 24.3 Å². The van der Waals surface area contributed by atoms with Gasteiger partial charge in [-0.3, -0.25) is 0 Å². The maximum atomic E-state index is 13.4. The van der Waals surface area contributed by atoms with Crippen LogP contribution in [0.3, 0.4) is 0 Å². The second kappa shape index (κ2) is 18.7. The topological polar surface area (TPSA) is 218 Å². The fraction of sp³-hybridized carbons (Fsp3) is 0.429. The maximum absolute atomic E-state index is 13.4. The monoisotopic (exact) mass is 902 g/mol. The number of hydrogen-bond donors (Lipinski definition) is 6. The average Bonchev–Trinajstić information content (AvgIpc) is 3.82. The number of hydrogen-bond acceptors (Lipinski definition) is 14. The summed E-state index contributed by atoms with van der Waals surface area (Å²) in [6.07, 6.45) is -9.46. The van der Waals surface area contributed by atoms with Crippen molar-refractivity contribution in [2.75, 3.05) is 73.9 Å². The fourth-order valence-corrected chi connectivity index (χ4v) is 7.96. The lowest BCUT2D eigenvalue weighted by atomic mass is 9.98. The molecule has 8 N–H and O–H groups in total. The maximum Gasteiger partial charge on any atom is 0.416 e. The van der Waals surface area contributed by atoms with Crippen molar-refractivity contribution in [3.05, 3.63) is 105 Å². The normalized spacial score (nSPS) is 17.3. The van der Waals surface area contributed by atoms with Crippen LogP contribution < -0.4 is 21.3 Å². The van der Waals surface area contributed by atoms with E-state index < -0.39 is 36.7 Å². The summed E-state index contributed by atoms with van der Waals surface area (Å²) in [6.45, 7) is 4.51. The summed E-state index contributed by atoms with van der Waals surface area (Å²) in [7, 11) is 0. The van der Waals surface area contributed by atoms with Crippen molar-refractivity contribution < 1.29 is 56.2 Å².